The molecule has 0 unspecified atom stereocenters. The van der Waals surface area contributed by atoms with Crippen LogP contribution in [-0.2, 0) is 9.53 Å². The Hall–Kier alpha value is -2.14. The van der Waals surface area contributed by atoms with Crippen molar-refractivity contribution in [2.75, 3.05) is 18.5 Å². The van der Waals surface area contributed by atoms with Gasteiger partial charge in [0.1, 0.15) is 16.9 Å². The minimum Gasteiger partial charge on any atom is -0.491 e. The van der Waals surface area contributed by atoms with Gasteiger partial charge >= 0.3 is 0 Å². The number of amides is 1. The maximum absolute atomic E-state index is 12.9. The fraction of sp³-hybridized carbons (Fsp3) is 0.500. The Kier molecular flexibility index (Phi) is 5.53. The van der Waals surface area contributed by atoms with Gasteiger partial charge in [-0.15, -0.1) is 0 Å². The maximum Gasteiger partial charge on any atom is 0.256 e. The summed E-state index contributed by atoms with van der Waals surface area (Å²) in [5, 5.41) is 3.96. The number of pyridine rings is 1. The first-order chi connectivity index (χ1) is 12.2. The molecule has 25 heavy (non-hydrogen) atoms. The van der Waals surface area contributed by atoms with E-state index in [1.54, 1.807) is 6.20 Å². The summed E-state index contributed by atoms with van der Waals surface area (Å²) in [4.78, 5) is 17.4. The van der Waals surface area contributed by atoms with Crippen molar-refractivity contribution in [3.8, 4) is 5.75 Å². The molecule has 5 heteroatoms. The SMILES string of the molecule is CCCOc1ccc(NC(=O)C2(OCC)CCCC2)c2cccnc12. The van der Waals surface area contributed by atoms with Crippen LogP contribution in [0.4, 0.5) is 5.69 Å². The van der Waals surface area contributed by atoms with Gasteiger partial charge in [0, 0.05) is 18.2 Å². The van der Waals surface area contributed by atoms with Gasteiger partial charge in [0.05, 0.1) is 12.3 Å². The van der Waals surface area contributed by atoms with Crippen LogP contribution in [0.2, 0.25) is 0 Å². The summed E-state index contributed by atoms with van der Waals surface area (Å²) in [6, 6.07) is 7.60. The number of aromatic nitrogens is 1. The second-order valence-electron chi connectivity index (χ2n) is 6.45. The molecule has 0 aliphatic heterocycles. The highest BCUT2D eigenvalue weighted by Gasteiger charge is 2.42. The van der Waals surface area contributed by atoms with E-state index in [2.05, 4.69) is 17.2 Å². The van der Waals surface area contributed by atoms with Gasteiger partial charge in [-0.2, -0.15) is 0 Å². The lowest BCUT2D eigenvalue weighted by Gasteiger charge is -2.27. The lowest BCUT2D eigenvalue weighted by Crippen LogP contribution is -2.43. The number of ether oxygens (including phenoxy) is 2. The zero-order valence-electron chi connectivity index (χ0n) is 15.0. The Morgan fingerprint density at radius 2 is 2.04 bits per heavy atom. The molecule has 1 saturated carbocycles. The number of fused-ring (bicyclic) bond motifs is 1. The number of carbonyl (C=O) groups is 1. The average Bonchev–Trinajstić information content (AvgIpc) is 3.11. The summed E-state index contributed by atoms with van der Waals surface area (Å²) >= 11 is 0. The normalized spacial score (nSPS) is 16.1. The van der Waals surface area contributed by atoms with Gasteiger partial charge in [0.15, 0.2) is 0 Å². The van der Waals surface area contributed by atoms with Crippen LogP contribution >= 0.6 is 0 Å². The lowest BCUT2D eigenvalue weighted by atomic mass is 10.0. The summed E-state index contributed by atoms with van der Waals surface area (Å²) in [5.41, 5.74) is 0.828. The molecule has 1 aliphatic rings. The molecule has 1 N–H and O–H groups in total. The molecule has 0 bridgehead atoms. The number of carbonyl (C=O) groups excluding carboxylic acids is 1. The van der Waals surface area contributed by atoms with E-state index >= 15 is 0 Å². The summed E-state index contributed by atoms with van der Waals surface area (Å²) in [6.07, 6.45) is 6.29. The van der Waals surface area contributed by atoms with Crippen LogP contribution < -0.4 is 10.1 Å². The predicted octanol–water partition coefficient (Wildman–Crippen LogP) is 4.31. The molecule has 0 radical (unpaired) electrons. The quantitative estimate of drug-likeness (QED) is 0.814. The molecule has 1 fully saturated rings. The van der Waals surface area contributed by atoms with Crippen LogP contribution in [0.1, 0.15) is 46.0 Å². The first-order valence-electron chi connectivity index (χ1n) is 9.16. The first-order valence-corrected chi connectivity index (χ1v) is 9.16. The third-order valence-electron chi connectivity index (χ3n) is 4.69. The van der Waals surface area contributed by atoms with Gasteiger partial charge in [-0.1, -0.05) is 6.92 Å². The molecular weight excluding hydrogens is 316 g/mol. The van der Waals surface area contributed by atoms with E-state index in [9.17, 15) is 4.79 Å². The molecule has 3 rings (SSSR count). The van der Waals surface area contributed by atoms with Crippen LogP contribution in [0.3, 0.4) is 0 Å². The van der Waals surface area contributed by atoms with Crippen LogP contribution in [0.5, 0.6) is 5.75 Å². The first kappa shape index (κ1) is 17.7. The van der Waals surface area contributed by atoms with Crippen LogP contribution in [0.25, 0.3) is 10.9 Å². The van der Waals surface area contributed by atoms with Crippen LogP contribution in [0.15, 0.2) is 30.5 Å². The molecule has 0 spiro atoms. The fourth-order valence-electron chi connectivity index (χ4n) is 3.48. The Morgan fingerprint density at radius 1 is 1.24 bits per heavy atom. The molecular formula is C20H26N2O3. The highest BCUT2D eigenvalue weighted by molar-refractivity contribution is 6.05. The molecule has 1 aromatic heterocycles. The van der Waals surface area contributed by atoms with E-state index in [0.29, 0.717) is 13.2 Å². The van der Waals surface area contributed by atoms with Crippen LogP contribution in [-0.4, -0.2) is 29.7 Å². The number of benzene rings is 1. The molecule has 134 valence electrons. The molecule has 1 aromatic carbocycles. The van der Waals surface area contributed by atoms with E-state index in [1.165, 1.54) is 0 Å². The highest BCUT2D eigenvalue weighted by atomic mass is 16.5. The number of hydrogen-bond acceptors (Lipinski definition) is 4. The molecule has 5 nitrogen and oxygen atoms in total. The van der Waals surface area contributed by atoms with Gasteiger partial charge in [-0.05, 0) is 63.3 Å². The second kappa shape index (κ2) is 7.83. The Balaban J connectivity index is 1.90. The minimum atomic E-state index is -0.694. The van der Waals surface area contributed by atoms with Gasteiger partial charge in [-0.3, -0.25) is 9.78 Å². The Morgan fingerprint density at radius 3 is 2.76 bits per heavy atom. The molecule has 0 atom stereocenters. The van der Waals surface area contributed by atoms with Crippen molar-refractivity contribution in [2.24, 2.45) is 0 Å². The topological polar surface area (TPSA) is 60.5 Å². The summed E-state index contributed by atoms with van der Waals surface area (Å²) in [7, 11) is 0. The van der Waals surface area contributed by atoms with Crippen molar-refractivity contribution in [1.82, 2.24) is 4.98 Å². The Bertz CT molecular complexity index is 739. The molecule has 0 saturated heterocycles. The number of nitrogens with one attached hydrogen (secondary N) is 1. The molecule has 1 aliphatic carbocycles. The van der Waals surface area contributed by atoms with Gasteiger partial charge < -0.3 is 14.8 Å². The lowest BCUT2D eigenvalue weighted by molar-refractivity contribution is -0.140. The van der Waals surface area contributed by atoms with Gasteiger partial charge in [0.25, 0.3) is 5.91 Å². The van der Waals surface area contributed by atoms with Crippen molar-refractivity contribution in [1.29, 1.82) is 0 Å². The second-order valence-corrected chi connectivity index (χ2v) is 6.45. The number of hydrogen-bond donors (Lipinski definition) is 1. The van der Waals surface area contributed by atoms with E-state index in [-0.39, 0.29) is 5.91 Å². The van der Waals surface area contributed by atoms with Crippen molar-refractivity contribution in [3.05, 3.63) is 30.5 Å². The predicted molar refractivity (Wildman–Crippen MR) is 99.0 cm³/mol. The van der Waals surface area contributed by atoms with Crippen molar-refractivity contribution in [2.45, 2.75) is 51.6 Å². The third-order valence-corrected chi connectivity index (χ3v) is 4.69. The fourth-order valence-corrected chi connectivity index (χ4v) is 3.48. The minimum absolute atomic E-state index is 0.0563. The van der Waals surface area contributed by atoms with Crippen molar-refractivity contribution < 1.29 is 14.3 Å². The highest BCUT2D eigenvalue weighted by Crippen LogP contribution is 2.36. The van der Waals surface area contributed by atoms with Crippen LogP contribution in [0, 0.1) is 0 Å². The molecule has 1 heterocycles. The average molecular weight is 342 g/mol. The van der Waals surface area contributed by atoms with Gasteiger partial charge in [0.2, 0.25) is 0 Å². The van der Waals surface area contributed by atoms with E-state index < -0.39 is 5.60 Å². The standard InChI is InChI=1S/C20H26N2O3/c1-3-14-24-17-10-9-16(15-8-7-13-21-18(15)17)22-19(23)20(25-4-2)11-5-6-12-20/h7-10,13H,3-6,11-12,14H2,1-2H3,(H,22,23). The third kappa shape index (κ3) is 3.61. The number of nitrogens with zero attached hydrogens (tertiary/aromatic N) is 1. The van der Waals surface area contributed by atoms with E-state index in [0.717, 1.165) is 54.4 Å². The smallest absolute Gasteiger partial charge is 0.256 e. The monoisotopic (exact) mass is 342 g/mol. The van der Waals surface area contributed by atoms with E-state index in [4.69, 9.17) is 9.47 Å². The zero-order valence-corrected chi connectivity index (χ0v) is 15.0. The molecule has 2 aromatic rings. The van der Waals surface area contributed by atoms with Gasteiger partial charge in [-0.25, -0.2) is 0 Å². The summed E-state index contributed by atoms with van der Waals surface area (Å²) in [5.74, 6) is 0.690. The number of rotatable bonds is 7. The number of anilines is 1. The Labute approximate surface area is 148 Å². The summed E-state index contributed by atoms with van der Waals surface area (Å²) in [6.45, 7) is 5.19. The van der Waals surface area contributed by atoms with Crippen molar-refractivity contribution in [3.63, 3.8) is 0 Å². The summed E-state index contributed by atoms with van der Waals surface area (Å²) < 4.78 is 11.6. The maximum atomic E-state index is 12.9. The zero-order chi connectivity index (χ0) is 17.7. The van der Waals surface area contributed by atoms with E-state index in [1.807, 2.05) is 31.2 Å². The molecule has 1 amide bonds. The van der Waals surface area contributed by atoms with Crippen molar-refractivity contribution >= 4 is 22.5 Å². The largest absolute Gasteiger partial charge is 0.491 e.